The van der Waals surface area contributed by atoms with Gasteiger partial charge >= 0.3 is 0 Å². The van der Waals surface area contributed by atoms with Crippen molar-refractivity contribution in [1.82, 2.24) is 29.7 Å². The van der Waals surface area contributed by atoms with Gasteiger partial charge in [0.1, 0.15) is 11.4 Å². The minimum absolute atomic E-state index is 0.243. The van der Waals surface area contributed by atoms with E-state index in [0.29, 0.717) is 29.0 Å². The van der Waals surface area contributed by atoms with Crippen LogP contribution in [0.15, 0.2) is 24.7 Å². The van der Waals surface area contributed by atoms with Crippen LogP contribution in [-0.4, -0.2) is 55.5 Å². The number of piperidine rings is 2. The van der Waals surface area contributed by atoms with E-state index >= 15 is 0 Å². The summed E-state index contributed by atoms with van der Waals surface area (Å²) < 4.78 is 3.16. The summed E-state index contributed by atoms with van der Waals surface area (Å²) in [6, 6.07) is 2.91. The van der Waals surface area contributed by atoms with Crippen molar-refractivity contribution >= 4 is 34.7 Å². The SMILES string of the molecule is Cn1cc(NC(=O)c2cnn3ccc(N4C[C@@H]5CC[C@H]4CN5)nc23)c(Cl)n1. The molecule has 27 heavy (non-hydrogen) atoms. The Bertz CT molecular complexity index is 1020. The molecule has 0 radical (unpaired) electrons. The number of carbonyl (C=O) groups is 1. The number of fused-ring (bicyclic) bond motifs is 4. The Kier molecular flexibility index (Phi) is 3.80. The Labute approximate surface area is 160 Å². The van der Waals surface area contributed by atoms with E-state index in [1.165, 1.54) is 12.6 Å². The Morgan fingerprint density at radius 3 is 2.96 bits per heavy atom. The predicted molar refractivity (Wildman–Crippen MR) is 101 cm³/mol. The van der Waals surface area contributed by atoms with Gasteiger partial charge in [-0.05, 0) is 18.9 Å². The molecular formula is C17H19ClN8O. The Balaban J connectivity index is 1.46. The number of hydrogen-bond donors (Lipinski definition) is 2. The van der Waals surface area contributed by atoms with Crippen molar-refractivity contribution in [3.63, 3.8) is 0 Å². The minimum atomic E-state index is -0.314. The molecule has 3 fully saturated rings. The smallest absolute Gasteiger partial charge is 0.261 e. The second-order valence-corrected chi connectivity index (χ2v) is 7.42. The minimum Gasteiger partial charge on any atom is -0.351 e. The Morgan fingerprint density at radius 2 is 2.30 bits per heavy atom. The van der Waals surface area contributed by atoms with Crippen molar-refractivity contribution in [2.24, 2.45) is 7.05 Å². The lowest BCUT2D eigenvalue weighted by molar-refractivity contribution is 0.102. The van der Waals surface area contributed by atoms with Crippen LogP contribution in [0.2, 0.25) is 5.15 Å². The van der Waals surface area contributed by atoms with Gasteiger partial charge in [-0.25, -0.2) is 9.50 Å². The first kappa shape index (κ1) is 16.5. The van der Waals surface area contributed by atoms with Crippen molar-refractivity contribution in [3.05, 3.63) is 35.4 Å². The normalized spacial score (nSPS) is 21.8. The zero-order valence-corrected chi connectivity index (χ0v) is 15.5. The van der Waals surface area contributed by atoms with Crippen molar-refractivity contribution in [3.8, 4) is 0 Å². The van der Waals surface area contributed by atoms with Gasteiger partial charge in [0.2, 0.25) is 0 Å². The van der Waals surface area contributed by atoms with Crippen molar-refractivity contribution in [2.45, 2.75) is 24.9 Å². The number of rotatable bonds is 3. The lowest BCUT2D eigenvalue weighted by Gasteiger charge is -2.46. The first-order valence-electron chi connectivity index (χ1n) is 8.93. The highest BCUT2D eigenvalue weighted by Crippen LogP contribution is 2.27. The third kappa shape index (κ3) is 2.83. The second kappa shape index (κ2) is 6.21. The van der Waals surface area contributed by atoms with Crippen molar-refractivity contribution in [1.29, 1.82) is 0 Å². The molecule has 3 aliphatic rings. The Hall–Kier alpha value is -2.65. The zero-order chi connectivity index (χ0) is 18.5. The number of carbonyl (C=O) groups excluding carboxylic acids is 1. The maximum Gasteiger partial charge on any atom is 0.261 e. The number of amides is 1. The summed E-state index contributed by atoms with van der Waals surface area (Å²) in [6.45, 7) is 1.92. The standard InChI is InChI=1S/C17H19ClN8O/c1-24-9-13(15(18)23-24)21-17(27)12-7-20-26-5-4-14(22-16(12)26)25-8-10-2-3-11(25)6-19-10/h4-5,7,9-11,19H,2-3,6,8H2,1H3,(H,21,27)/t10-,11-/m0/s1. The number of aromatic nitrogens is 5. The van der Waals surface area contributed by atoms with E-state index in [9.17, 15) is 4.79 Å². The molecule has 1 amide bonds. The molecule has 6 heterocycles. The maximum atomic E-state index is 12.7. The van der Waals surface area contributed by atoms with Crippen LogP contribution in [0.5, 0.6) is 0 Å². The summed E-state index contributed by atoms with van der Waals surface area (Å²) in [7, 11) is 1.74. The third-order valence-electron chi connectivity index (χ3n) is 5.27. The summed E-state index contributed by atoms with van der Waals surface area (Å²) in [5.74, 6) is 0.569. The molecule has 6 rings (SSSR count). The number of anilines is 2. The number of nitrogens with one attached hydrogen (secondary N) is 2. The van der Waals surface area contributed by atoms with Crippen LogP contribution >= 0.6 is 11.6 Å². The topological polar surface area (TPSA) is 92.4 Å². The number of aryl methyl sites for hydroxylation is 1. The third-order valence-corrected chi connectivity index (χ3v) is 5.55. The van der Waals surface area contributed by atoms with E-state index in [1.54, 1.807) is 22.4 Å². The van der Waals surface area contributed by atoms with E-state index in [1.807, 2.05) is 12.3 Å². The molecule has 3 saturated heterocycles. The molecule has 10 heteroatoms. The van der Waals surface area contributed by atoms with Gasteiger partial charge in [0, 0.05) is 44.6 Å². The quantitative estimate of drug-likeness (QED) is 0.705. The average Bonchev–Trinajstić information content (AvgIpc) is 3.24. The summed E-state index contributed by atoms with van der Waals surface area (Å²) in [6.07, 6.45) is 7.39. The lowest BCUT2D eigenvalue weighted by atomic mass is 9.93. The van der Waals surface area contributed by atoms with Gasteiger partial charge < -0.3 is 15.5 Å². The second-order valence-electron chi connectivity index (χ2n) is 7.06. The molecule has 2 N–H and O–H groups in total. The summed E-state index contributed by atoms with van der Waals surface area (Å²) in [5.41, 5.74) is 1.38. The van der Waals surface area contributed by atoms with Crippen LogP contribution in [-0.2, 0) is 7.05 Å². The molecule has 2 atom stereocenters. The molecule has 140 valence electrons. The fourth-order valence-electron chi connectivity index (χ4n) is 3.90. The molecule has 3 aliphatic heterocycles. The molecule has 9 nitrogen and oxygen atoms in total. The van der Waals surface area contributed by atoms with Crippen LogP contribution in [0, 0.1) is 0 Å². The van der Waals surface area contributed by atoms with E-state index in [0.717, 1.165) is 25.3 Å². The van der Waals surface area contributed by atoms with Crippen LogP contribution in [0.3, 0.4) is 0 Å². The Morgan fingerprint density at radius 1 is 1.41 bits per heavy atom. The number of halogens is 1. The fraction of sp³-hybridized carbons (Fsp3) is 0.412. The highest BCUT2D eigenvalue weighted by atomic mass is 35.5. The van der Waals surface area contributed by atoms with Gasteiger partial charge in [-0.1, -0.05) is 11.6 Å². The van der Waals surface area contributed by atoms with Gasteiger partial charge in [-0.3, -0.25) is 9.48 Å². The number of hydrogen-bond acceptors (Lipinski definition) is 6. The molecular weight excluding hydrogens is 368 g/mol. The lowest BCUT2D eigenvalue weighted by Crippen LogP contribution is -2.61. The summed E-state index contributed by atoms with van der Waals surface area (Å²) in [4.78, 5) is 19.8. The first-order valence-corrected chi connectivity index (χ1v) is 9.31. The highest BCUT2D eigenvalue weighted by Gasteiger charge is 2.34. The highest BCUT2D eigenvalue weighted by molar-refractivity contribution is 6.32. The van der Waals surface area contributed by atoms with E-state index < -0.39 is 0 Å². The summed E-state index contributed by atoms with van der Waals surface area (Å²) in [5, 5.41) is 14.8. The molecule has 0 unspecified atom stereocenters. The molecule has 3 aromatic rings. The average molecular weight is 387 g/mol. The van der Waals surface area contributed by atoms with Gasteiger partial charge in [-0.2, -0.15) is 10.2 Å². The number of nitrogens with zero attached hydrogens (tertiary/aromatic N) is 6. The summed E-state index contributed by atoms with van der Waals surface area (Å²) >= 11 is 6.04. The van der Waals surface area contributed by atoms with Crippen LogP contribution < -0.4 is 15.5 Å². The maximum absolute atomic E-state index is 12.7. The largest absolute Gasteiger partial charge is 0.351 e. The fourth-order valence-corrected chi connectivity index (χ4v) is 4.12. The van der Waals surface area contributed by atoms with Gasteiger partial charge in [0.25, 0.3) is 5.91 Å². The van der Waals surface area contributed by atoms with Gasteiger partial charge in [-0.15, -0.1) is 0 Å². The van der Waals surface area contributed by atoms with Gasteiger partial charge in [0.15, 0.2) is 10.8 Å². The zero-order valence-electron chi connectivity index (χ0n) is 14.8. The molecule has 0 spiro atoms. The van der Waals surface area contributed by atoms with E-state index in [-0.39, 0.29) is 11.1 Å². The number of piperazine rings is 1. The molecule has 0 aliphatic carbocycles. The van der Waals surface area contributed by atoms with E-state index in [4.69, 9.17) is 16.6 Å². The molecule has 0 saturated carbocycles. The van der Waals surface area contributed by atoms with Crippen molar-refractivity contribution < 1.29 is 4.79 Å². The van der Waals surface area contributed by atoms with Crippen LogP contribution in [0.25, 0.3) is 5.65 Å². The van der Waals surface area contributed by atoms with Gasteiger partial charge in [0.05, 0.1) is 11.9 Å². The molecule has 0 aromatic carbocycles. The predicted octanol–water partition coefficient (Wildman–Crippen LogP) is 1.31. The van der Waals surface area contributed by atoms with Crippen LogP contribution in [0.1, 0.15) is 23.2 Å². The molecule has 3 aromatic heterocycles. The first-order chi connectivity index (χ1) is 13.1. The molecule has 2 bridgehead atoms. The van der Waals surface area contributed by atoms with Crippen molar-refractivity contribution in [2.75, 3.05) is 23.3 Å². The van der Waals surface area contributed by atoms with Crippen LogP contribution in [0.4, 0.5) is 11.5 Å². The van der Waals surface area contributed by atoms with E-state index in [2.05, 4.69) is 25.7 Å². The monoisotopic (exact) mass is 386 g/mol.